The van der Waals surface area contributed by atoms with Gasteiger partial charge in [-0.3, -0.25) is 15.1 Å². The average Bonchev–Trinajstić information content (AvgIpc) is 2.87. The Morgan fingerprint density at radius 2 is 2.14 bits per heavy atom. The van der Waals surface area contributed by atoms with Gasteiger partial charge in [0.2, 0.25) is 0 Å². The number of nitrogens with zero attached hydrogens (tertiary/aromatic N) is 1. The molecule has 1 aromatic heterocycles. The highest BCUT2D eigenvalue weighted by Crippen LogP contribution is 2.36. The highest BCUT2D eigenvalue weighted by atomic mass is 16.4. The molecule has 0 spiro atoms. The lowest BCUT2D eigenvalue weighted by Crippen LogP contribution is -2.41. The van der Waals surface area contributed by atoms with Crippen molar-refractivity contribution in [2.24, 2.45) is 17.7 Å². The number of fused-ring (bicyclic) bond motifs is 1. The zero-order valence-electron chi connectivity index (χ0n) is 12.7. The number of amides is 1. The average molecular weight is 291 g/mol. The first-order chi connectivity index (χ1) is 10.2. The van der Waals surface area contributed by atoms with Crippen molar-refractivity contribution in [1.82, 2.24) is 10.3 Å². The number of carbonyl (C=O) groups excluding carboxylic acids is 1. The van der Waals surface area contributed by atoms with Gasteiger partial charge in [0.25, 0.3) is 0 Å². The first kappa shape index (κ1) is 14.6. The summed E-state index contributed by atoms with van der Waals surface area (Å²) in [6.45, 7) is 5.13. The van der Waals surface area contributed by atoms with Gasteiger partial charge in [-0.05, 0) is 44.2 Å². The molecule has 1 aliphatic heterocycles. The Bertz CT molecular complexity index is 512. The SMILES string of the molecule is Cc1oc(C(=O)NN)cc1CN1CCC2CCCCC2C1. The summed E-state index contributed by atoms with van der Waals surface area (Å²) in [7, 11) is 0. The van der Waals surface area contributed by atoms with Gasteiger partial charge in [0.05, 0.1) is 0 Å². The van der Waals surface area contributed by atoms with Crippen LogP contribution in [0.4, 0.5) is 0 Å². The molecule has 1 aliphatic carbocycles. The first-order valence-electron chi connectivity index (χ1n) is 8.00. The zero-order chi connectivity index (χ0) is 14.8. The molecule has 2 unspecified atom stereocenters. The number of hydrogen-bond acceptors (Lipinski definition) is 4. The van der Waals surface area contributed by atoms with Gasteiger partial charge in [-0.25, -0.2) is 5.84 Å². The number of rotatable bonds is 3. The van der Waals surface area contributed by atoms with Crippen molar-refractivity contribution >= 4 is 5.91 Å². The van der Waals surface area contributed by atoms with Crippen LogP contribution in [0.1, 0.15) is 54.0 Å². The Morgan fingerprint density at radius 1 is 1.38 bits per heavy atom. The summed E-state index contributed by atoms with van der Waals surface area (Å²) >= 11 is 0. The lowest BCUT2D eigenvalue weighted by atomic mass is 9.75. The van der Waals surface area contributed by atoms with Crippen molar-refractivity contribution < 1.29 is 9.21 Å². The summed E-state index contributed by atoms with van der Waals surface area (Å²) < 4.78 is 5.50. The second-order valence-electron chi connectivity index (χ2n) is 6.49. The van der Waals surface area contributed by atoms with Gasteiger partial charge >= 0.3 is 5.91 Å². The van der Waals surface area contributed by atoms with Crippen molar-refractivity contribution in [2.75, 3.05) is 13.1 Å². The number of hydrazine groups is 1. The molecule has 1 saturated heterocycles. The predicted octanol–water partition coefficient (Wildman–Crippen LogP) is 2.20. The van der Waals surface area contributed by atoms with Crippen LogP contribution >= 0.6 is 0 Å². The molecule has 0 bridgehead atoms. The maximum atomic E-state index is 11.5. The van der Waals surface area contributed by atoms with E-state index in [-0.39, 0.29) is 5.91 Å². The van der Waals surface area contributed by atoms with E-state index >= 15 is 0 Å². The third-order valence-corrected chi connectivity index (χ3v) is 5.14. The van der Waals surface area contributed by atoms with Gasteiger partial charge in [0.1, 0.15) is 5.76 Å². The largest absolute Gasteiger partial charge is 0.456 e. The fourth-order valence-corrected chi connectivity index (χ4v) is 3.92. The van der Waals surface area contributed by atoms with Crippen molar-refractivity contribution in [3.8, 4) is 0 Å². The van der Waals surface area contributed by atoms with Crippen LogP contribution < -0.4 is 11.3 Å². The Morgan fingerprint density at radius 3 is 2.90 bits per heavy atom. The number of hydrogen-bond donors (Lipinski definition) is 2. The van der Waals surface area contributed by atoms with E-state index in [2.05, 4.69) is 10.3 Å². The molecule has 1 aromatic rings. The van der Waals surface area contributed by atoms with Crippen LogP contribution in [0.25, 0.3) is 0 Å². The van der Waals surface area contributed by atoms with Gasteiger partial charge in [-0.1, -0.05) is 19.3 Å². The molecule has 2 atom stereocenters. The minimum absolute atomic E-state index is 0.303. The summed E-state index contributed by atoms with van der Waals surface area (Å²) in [5, 5.41) is 0. The molecule has 5 nitrogen and oxygen atoms in total. The van der Waals surface area contributed by atoms with E-state index in [4.69, 9.17) is 10.3 Å². The smallest absolute Gasteiger partial charge is 0.300 e. The number of carbonyl (C=O) groups is 1. The molecule has 2 fully saturated rings. The standard InChI is InChI=1S/C16H25N3O2/c1-11-14(8-15(21-11)16(20)18-17)10-19-7-6-12-4-2-3-5-13(12)9-19/h8,12-13H,2-7,9-10,17H2,1H3,(H,18,20). The number of furan rings is 1. The van der Waals surface area contributed by atoms with E-state index in [1.165, 1.54) is 38.6 Å². The number of nitrogens with two attached hydrogens (primary N) is 1. The number of piperidine rings is 1. The molecule has 21 heavy (non-hydrogen) atoms. The Balaban J connectivity index is 1.64. The van der Waals surface area contributed by atoms with Crippen LogP contribution in [0.3, 0.4) is 0 Å². The van der Waals surface area contributed by atoms with Gasteiger partial charge in [0.15, 0.2) is 5.76 Å². The van der Waals surface area contributed by atoms with Crippen molar-refractivity contribution in [3.05, 3.63) is 23.2 Å². The van der Waals surface area contributed by atoms with E-state index in [9.17, 15) is 4.79 Å². The molecular formula is C16H25N3O2. The van der Waals surface area contributed by atoms with Crippen LogP contribution in [-0.4, -0.2) is 23.9 Å². The molecule has 0 aromatic carbocycles. The summed E-state index contributed by atoms with van der Waals surface area (Å²) in [5.41, 5.74) is 3.22. The maximum absolute atomic E-state index is 11.5. The number of nitrogens with one attached hydrogen (secondary N) is 1. The van der Waals surface area contributed by atoms with Crippen molar-refractivity contribution in [2.45, 2.75) is 45.6 Å². The van der Waals surface area contributed by atoms with Crippen molar-refractivity contribution in [3.63, 3.8) is 0 Å². The van der Waals surface area contributed by atoms with E-state index in [1.54, 1.807) is 0 Å². The molecule has 2 heterocycles. The molecule has 3 rings (SSSR count). The van der Waals surface area contributed by atoms with Crippen molar-refractivity contribution in [1.29, 1.82) is 0 Å². The lowest BCUT2D eigenvalue weighted by molar-refractivity contribution is 0.0817. The summed E-state index contributed by atoms with van der Waals surface area (Å²) in [4.78, 5) is 14.0. The summed E-state index contributed by atoms with van der Waals surface area (Å²) in [6.07, 6.45) is 6.92. The lowest BCUT2D eigenvalue weighted by Gasteiger charge is -2.41. The normalized spacial score (nSPS) is 26.4. The maximum Gasteiger partial charge on any atom is 0.300 e. The molecule has 2 aliphatic rings. The topological polar surface area (TPSA) is 71.5 Å². The Labute approximate surface area is 125 Å². The third-order valence-electron chi connectivity index (χ3n) is 5.14. The molecule has 1 saturated carbocycles. The fraction of sp³-hybridized carbons (Fsp3) is 0.688. The summed E-state index contributed by atoms with van der Waals surface area (Å²) in [5.74, 6) is 7.72. The van der Waals surface area contributed by atoms with E-state index in [0.717, 1.165) is 36.2 Å². The third kappa shape index (κ3) is 3.14. The second kappa shape index (κ2) is 6.20. The van der Waals surface area contributed by atoms with Gasteiger partial charge < -0.3 is 4.42 Å². The minimum Gasteiger partial charge on any atom is -0.456 e. The first-order valence-corrected chi connectivity index (χ1v) is 8.00. The second-order valence-corrected chi connectivity index (χ2v) is 6.49. The Hall–Kier alpha value is -1.33. The highest BCUT2D eigenvalue weighted by Gasteiger charge is 2.31. The van der Waals surface area contributed by atoms with Crippen LogP contribution in [0.5, 0.6) is 0 Å². The van der Waals surface area contributed by atoms with Crippen LogP contribution in [0, 0.1) is 18.8 Å². The van der Waals surface area contributed by atoms with E-state index < -0.39 is 0 Å². The monoisotopic (exact) mass is 291 g/mol. The van der Waals surface area contributed by atoms with Crippen LogP contribution in [0.2, 0.25) is 0 Å². The molecule has 3 N–H and O–H groups in total. The van der Waals surface area contributed by atoms with Gasteiger partial charge in [0, 0.05) is 18.7 Å². The minimum atomic E-state index is -0.365. The highest BCUT2D eigenvalue weighted by molar-refractivity contribution is 5.91. The predicted molar refractivity (Wildman–Crippen MR) is 80.4 cm³/mol. The number of nitrogen functional groups attached to an aromatic ring is 1. The number of likely N-dealkylation sites (tertiary alicyclic amines) is 1. The molecule has 116 valence electrons. The van der Waals surface area contributed by atoms with Crippen LogP contribution in [0.15, 0.2) is 10.5 Å². The molecular weight excluding hydrogens is 266 g/mol. The van der Waals surface area contributed by atoms with Gasteiger partial charge in [-0.2, -0.15) is 0 Å². The molecule has 5 heteroatoms. The fourth-order valence-electron chi connectivity index (χ4n) is 3.92. The molecule has 0 radical (unpaired) electrons. The molecule has 1 amide bonds. The Kier molecular flexibility index (Phi) is 4.31. The van der Waals surface area contributed by atoms with E-state index in [0.29, 0.717) is 5.76 Å². The quantitative estimate of drug-likeness (QED) is 0.509. The zero-order valence-corrected chi connectivity index (χ0v) is 12.7. The van der Waals surface area contributed by atoms with E-state index in [1.807, 2.05) is 13.0 Å². The number of aryl methyl sites for hydroxylation is 1. The van der Waals surface area contributed by atoms with Crippen LogP contribution in [-0.2, 0) is 6.54 Å². The summed E-state index contributed by atoms with van der Waals surface area (Å²) in [6, 6.07) is 1.82. The van der Waals surface area contributed by atoms with Gasteiger partial charge in [-0.15, -0.1) is 0 Å².